The summed E-state index contributed by atoms with van der Waals surface area (Å²) in [5.41, 5.74) is 6.00. The molecule has 272 valence electrons. The summed E-state index contributed by atoms with van der Waals surface area (Å²) in [5, 5.41) is 3.09. The number of nitrogens with zero attached hydrogens (tertiary/aromatic N) is 1. The van der Waals surface area contributed by atoms with Crippen molar-refractivity contribution in [3.05, 3.63) is 125 Å². The Kier molecular flexibility index (Phi) is 10.6. The first kappa shape index (κ1) is 34.9. The maximum atomic E-state index is 12.8. The van der Waals surface area contributed by atoms with Crippen molar-refractivity contribution >= 4 is 11.6 Å². The molecule has 1 heterocycles. The molecule has 3 aliphatic carbocycles. The predicted molar refractivity (Wildman–Crippen MR) is 204 cm³/mol. The van der Waals surface area contributed by atoms with E-state index in [0.717, 1.165) is 75.7 Å². The van der Waals surface area contributed by atoms with Crippen molar-refractivity contribution in [3.63, 3.8) is 0 Å². The SMILES string of the molecule is C[C@]12C[C@H](Oc3ccc(NC(=O)CCN4CCOCC4)cc3)[C@@H]3c4ccc(OCc5ccccc5)cc4CC[C@H]3[C@@H]1CC[C@@H]2OCc1ccccc1. The van der Waals surface area contributed by atoms with Gasteiger partial charge in [0.15, 0.2) is 0 Å². The molecule has 1 saturated heterocycles. The number of rotatable bonds is 12. The van der Waals surface area contributed by atoms with Gasteiger partial charge in [-0.05, 0) is 103 Å². The highest BCUT2D eigenvalue weighted by Crippen LogP contribution is 2.62. The van der Waals surface area contributed by atoms with Gasteiger partial charge in [0.1, 0.15) is 24.2 Å². The van der Waals surface area contributed by atoms with Crippen molar-refractivity contribution < 1.29 is 23.7 Å². The molecular formula is C45H52N2O5. The maximum absolute atomic E-state index is 12.8. The molecule has 0 radical (unpaired) electrons. The van der Waals surface area contributed by atoms with Gasteiger partial charge in [0, 0.05) is 43.1 Å². The lowest BCUT2D eigenvalue weighted by Crippen LogP contribution is -2.52. The quantitative estimate of drug-likeness (QED) is 0.160. The Morgan fingerprint density at radius 2 is 1.56 bits per heavy atom. The van der Waals surface area contributed by atoms with E-state index in [-0.39, 0.29) is 29.4 Å². The standard InChI is InChI=1S/C45H52N2O5/c1-45-29-41(52-36-15-13-35(14-16-36)46-43(48)22-23-47-24-26-49-27-25-47)44-38-19-17-37(50-30-32-8-4-2-5-9-32)28-34(38)12-18-39(44)40(45)20-21-42(45)51-31-33-10-6-3-7-11-33/h2-11,13-17,19,28,39-42,44H,12,18,20-27,29-31H2,1H3,(H,46,48)/t39-,40-,41-,42-,44+,45-/m0/s1. The number of aryl methyl sites for hydroxylation is 1. The molecule has 0 unspecified atom stereocenters. The summed E-state index contributed by atoms with van der Waals surface area (Å²) in [7, 11) is 0. The van der Waals surface area contributed by atoms with Crippen molar-refractivity contribution in [1.82, 2.24) is 4.90 Å². The average molecular weight is 701 g/mol. The van der Waals surface area contributed by atoms with E-state index in [1.165, 1.54) is 28.7 Å². The summed E-state index contributed by atoms with van der Waals surface area (Å²) in [6.07, 6.45) is 6.06. The van der Waals surface area contributed by atoms with E-state index in [1.807, 2.05) is 30.3 Å². The first-order chi connectivity index (χ1) is 25.5. The lowest BCUT2D eigenvalue weighted by Gasteiger charge is -2.53. The third-order valence-electron chi connectivity index (χ3n) is 12.3. The molecule has 3 fully saturated rings. The Bertz CT molecular complexity index is 1780. The van der Waals surface area contributed by atoms with E-state index in [4.69, 9.17) is 18.9 Å². The normalized spacial score (nSPS) is 26.8. The lowest BCUT2D eigenvalue weighted by molar-refractivity contribution is -0.116. The molecular weight excluding hydrogens is 649 g/mol. The van der Waals surface area contributed by atoms with Crippen LogP contribution >= 0.6 is 0 Å². The van der Waals surface area contributed by atoms with Gasteiger partial charge in [-0.25, -0.2) is 0 Å². The molecule has 0 aromatic heterocycles. The van der Waals surface area contributed by atoms with Crippen LogP contribution in [0.4, 0.5) is 5.69 Å². The largest absolute Gasteiger partial charge is 0.490 e. The summed E-state index contributed by atoms with van der Waals surface area (Å²) >= 11 is 0. The van der Waals surface area contributed by atoms with Crippen molar-refractivity contribution in [2.24, 2.45) is 17.3 Å². The molecule has 7 heteroatoms. The molecule has 7 nitrogen and oxygen atoms in total. The Morgan fingerprint density at radius 1 is 0.846 bits per heavy atom. The Balaban J connectivity index is 1.00. The topological polar surface area (TPSA) is 69.3 Å². The molecule has 4 aromatic rings. The van der Waals surface area contributed by atoms with Crippen LogP contribution in [0.15, 0.2) is 103 Å². The summed E-state index contributed by atoms with van der Waals surface area (Å²) in [4.78, 5) is 15.0. The smallest absolute Gasteiger partial charge is 0.225 e. The minimum atomic E-state index is -0.00345. The van der Waals surface area contributed by atoms with Gasteiger partial charge >= 0.3 is 0 Å². The first-order valence-corrected chi connectivity index (χ1v) is 19.3. The zero-order valence-electron chi connectivity index (χ0n) is 30.4. The minimum absolute atomic E-state index is 0.00345. The molecule has 0 bridgehead atoms. The average Bonchev–Trinajstić information content (AvgIpc) is 3.52. The van der Waals surface area contributed by atoms with Crippen LogP contribution in [0.5, 0.6) is 11.5 Å². The lowest BCUT2D eigenvalue weighted by atomic mass is 9.54. The summed E-state index contributed by atoms with van der Waals surface area (Å²) in [5.74, 6) is 3.18. The summed E-state index contributed by atoms with van der Waals surface area (Å²) < 4.78 is 25.6. The minimum Gasteiger partial charge on any atom is -0.490 e. The highest BCUT2D eigenvalue weighted by molar-refractivity contribution is 5.90. The number of fused-ring (bicyclic) bond motifs is 5. The van der Waals surface area contributed by atoms with Crippen LogP contribution in [-0.4, -0.2) is 55.9 Å². The van der Waals surface area contributed by atoms with Crippen LogP contribution in [0.2, 0.25) is 0 Å². The third-order valence-corrected chi connectivity index (χ3v) is 12.3. The number of nitrogens with one attached hydrogen (secondary N) is 1. The molecule has 2 saturated carbocycles. The van der Waals surface area contributed by atoms with Crippen molar-refractivity contribution in [3.8, 4) is 11.5 Å². The van der Waals surface area contributed by atoms with Gasteiger partial charge in [0.25, 0.3) is 0 Å². The zero-order chi connectivity index (χ0) is 35.3. The van der Waals surface area contributed by atoms with Crippen LogP contribution in [0.1, 0.15) is 67.2 Å². The van der Waals surface area contributed by atoms with Crippen LogP contribution in [-0.2, 0) is 33.9 Å². The number of morpholine rings is 1. The van der Waals surface area contributed by atoms with Crippen LogP contribution < -0.4 is 14.8 Å². The number of ether oxygens (including phenoxy) is 4. The molecule has 6 atom stereocenters. The van der Waals surface area contributed by atoms with Gasteiger partial charge in [0.05, 0.1) is 25.9 Å². The molecule has 4 aromatic carbocycles. The van der Waals surface area contributed by atoms with E-state index < -0.39 is 0 Å². The van der Waals surface area contributed by atoms with Gasteiger partial charge in [-0.15, -0.1) is 0 Å². The van der Waals surface area contributed by atoms with E-state index >= 15 is 0 Å². The summed E-state index contributed by atoms with van der Waals surface area (Å²) in [6, 6.07) is 35.6. The maximum Gasteiger partial charge on any atom is 0.225 e. The fourth-order valence-corrected chi connectivity index (χ4v) is 9.65. The van der Waals surface area contributed by atoms with Crippen molar-refractivity contribution in [2.75, 3.05) is 38.2 Å². The second-order valence-electron chi connectivity index (χ2n) is 15.5. The molecule has 1 N–H and O–H groups in total. The molecule has 52 heavy (non-hydrogen) atoms. The van der Waals surface area contributed by atoms with Gasteiger partial charge in [0.2, 0.25) is 5.91 Å². The Hall–Kier alpha value is -4.17. The van der Waals surface area contributed by atoms with Gasteiger partial charge in [-0.3, -0.25) is 9.69 Å². The van der Waals surface area contributed by atoms with Gasteiger partial charge in [-0.2, -0.15) is 0 Å². The van der Waals surface area contributed by atoms with Gasteiger partial charge in [-0.1, -0.05) is 73.7 Å². The number of hydrogen-bond acceptors (Lipinski definition) is 6. The Morgan fingerprint density at radius 3 is 2.31 bits per heavy atom. The van der Waals surface area contributed by atoms with Crippen LogP contribution in [0.3, 0.4) is 0 Å². The fraction of sp³-hybridized carbons (Fsp3) is 0.444. The molecule has 1 aliphatic heterocycles. The molecule has 1 amide bonds. The third kappa shape index (κ3) is 7.78. The summed E-state index contributed by atoms with van der Waals surface area (Å²) in [6.45, 7) is 7.67. The number of anilines is 1. The van der Waals surface area contributed by atoms with E-state index in [1.54, 1.807) is 0 Å². The number of carbonyl (C=O) groups is 1. The molecule has 8 rings (SSSR count). The van der Waals surface area contributed by atoms with Gasteiger partial charge < -0.3 is 24.3 Å². The predicted octanol–water partition coefficient (Wildman–Crippen LogP) is 8.43. The number of carbonyl (C=O) groups excluding carboxylic acids is 1. The number of amides is 1. The van der Waals surface area contributed by atoms with E-state index in [2.05, 4.69) is 89.9 Å². The zero-order valence-corrected chi connectivity index (χ0v) is 30.4. The first-order valence-electron chi connectivity index (χ1n) is 19.3. The Labute approximate surface area is 308 Å². The van der Waals surface area contributed by atoms with Crippen molar-refractivity contribution in [2.45, 2.75) is 76.8 Å². The number of benzene rings is 4. The van der Waals surface area contributed by atoms with E-state index in [0.29, 0.717) is 31.5 Å². The molecule has 4 aliphatic rings. The molecule has 0 spiro atoms. The highest BCUT2D eigenvalue weighted by Gasteiger charge is 2.59. The fourth-order valence-electron chi connectivity index (χ4n) is 9.65. The van der Waals surface area contributed by atoms with E-state index in [9.17, 15) is 4.79 Å². The van der Waals surface area contributed by atoms with Crippen molar-refractivity contribution in [1.29, 1.82) is 0 Å². The second kappa shape index (κ2) is 15.8. The highest BCUT2D eigenvalue weighted by atomic mass is 16.5. The monoisotopic (exact) mass is 700 g/mol. The van der Waals surface area contributed by atoms with Crippen LogP contribution in [0, 0.1) is 17.3 Å². The number of hydrogen-bond donors (Lipinski definition) is 1. The second-order valence-corrected chi connectivity index (χ2v) is 15.5. The van der Waals surface area contributed by atoms with Crippen LogP contribution in [0.25, 0.3) is 0 Å².